The van der Waals surface area contributed by atoms with Crippen LogP contribution in [0.3, 0.4) is 0 Å². The van der Waals surface area contributed by atoms with Crippen LogP contribution >= 0.6 is 0 Å². The molecule has 0 radical (unpaired) electrons. The molecule has 154 valence electrons. The largest absolute Gasteiger partial charge is 0.431 e. The molecule has 5 aromatic rings. The maximum Gasteiger partial charge on any atom is 0.343 e. The van der Waals surface area contributed by atoms with E-state index < -0.39 is 0 Å². The molecule has 0 amide bonds. The second-order valence-electron chi connectivity index (χ2n) is 7.92. The van der Waals surface area contributed by atoms with E-state index in [0.717, 1.165) is 45.1 Å². The molecule has 0 saturated carbocycles. The fraction of sp³-hybridized carbons (Fsp3) is 0.0357. The van der Waals surface area contributed by atoms with Crippen molar-refractivity contribution in [2.75, 3.05) is 9.80 Å². The first-order valence-corrected chi connectivity index (χ1v) is 10.6. The summed E-state index contributed by atoms with van der Waals surface area (Å²) in [5.74, 6) is 0. The Bertz CT molecular complexity index is 1470. The van der Waals surface area contributed by atoms with Crippen molar-refractivity contribution in [2.24, 2.45) is 0 Å². The lowest BCUT2D eigenvalue weighted by molar-refractivity contribution is 0.516. The molecule has 32 heavy (non-hydrogen) atoms. The standard InChI is InChI=1S/C28H20N2O2/c1-19-18-32-28(31)22-16-15-21(17-23(19)22)30-26-13-7-5-11-24(26)29(20-9-3-2-4-10-20)25-12-6-8-14-27(25)30/h2-18H,1H3. The second-order valence-corrected chi connectivity index (χ2v) is 7.92. The molecule has 0 bridgehead atoms. The van der Waals surface area contributed by atoms with E-state index in [1.54, 1.807) is 0 Å². The van der Waals surface area contributed by atoms with Crippen molar-refractivity contribution in [3.63, 3.8) is 0 Å². The van der Waals surface area contributed by atoms with E-state index in [0.29, 0.717) is 5.39 Å². The van der Waals surface area contributed by atoms with Crippen LogP contribution < -0.4 is 15.4 Å². The maximum absolute atomic E-state index is 12.2. The van der Waals surface area contributed by atoms with Crippen LogP contribution in [0.25, 0.3) is 10.8 Å². The third-order valence-electron chi connectivity index (χ3n) is 5.99. The summed E-state index contributed by atoms with van der Waals surface area (Å²) in [4.78, 5) is 16.8. The van der Waals surface area contributed by atoms with Gasteiger partial charge in [0.2, 0.25) is 0 Å². The summed E-state index contributed by atoms with van der Waals surface area (Å²) < 4.78 is 5.16. The normalized spacial score (nSPS) is 12.5. The zero-order valence-electron chi connectivity index (χ0n) is 17.5. The van der Waals surface area contributed by atoms with E-state index >= 15 is 0 Å². The zero-order valence-corrected chi connectivity index (χ0v) is 17.5. The molecular weight excluding hydrogens is 396 g/mol. The van der Waals surface area contributed by atoms with Gasteiger partial charge in [-0.1, -0.05) is 42.5 Å². The minimum Gasteiger partial charge on any atom is -0.431 e. The van der Waals surface area contributed by atoms with E-state index in [2.05, 4.69) is 88.7 Å². The Kier molecular flexibility index (Phi) is 4.12. The number of aryl methyl sites for hydroxylation is 1. The molecule has 0 fully saturated rings. The van der Waals surface area contributed by atoms with Gasteiger partial charge in [-0.25, -0.2) is 4.79 Å². The molecule has 1 aliphatic rings. The van der Waals surface area contributed by atoms with Gasteiger partial charge in [-0.3, -0.25) is 0 Å². The van der Waals surface area contributed by atoms with Crippen molar-refractivity contribution in [3.05, 3.63) is 119 Å². The molecular formula is C28H20N2O2. The Labute approximate surface area is 185 Å². The molecule has 0 N–H and O–H groups in total. The number of hydrogen-bond donors (Lipinski definition) is 0. The lowest BCUT2D eigenvalue weighted by Gasteiger charge is -2.40. The Morgan fingerprint density at radius 2 is 1.12 bits per heavy atom. The fourth-order valence-corrected chi connectivity index (χ4v) is 4.52. The topological polar surface area (TPSA) is 36.7 Å². The molecule has 0 atom stereocenters. The minimum atomic E-state index is -0.313. The highest BCUT2D eigenvalue weighted by Crippen LogP contribution is 2.53. The second kappa shape index (κ2) is 7.13. The quantitative estimate of drug-likeness (QED) is 0.296. The van der Waals surface area contributed by atoms with Gasteiger partial charge in [0.05, 0.1) is 34.4 Å². The predicted octanol–water partition coefficient (Wildman–Crippen LogP) is 7.35. The number of fused-ring (bicyclic) bond motifs is 3. The molecule has 0 unspecified atom stereocenters. The number of nitrogens with zero attached hydrogens (tertiary/aromatic N) is 2. The van der Waals surface area contributed by atoms with Crippen LogP contribution in [-0.2, 0) is 0 Å². The van der Waals surface area contributed by atoms with Gasteiger partial charge in [0.25, 0.3) is 0 Å². The highest BCUT2D eigenvalue weighted by Gasteiger charge is 2.30. The molecule has 6 rings (SSSR count). The summed E-state index contributed by atoms with van der Waals surface area (Å²) in [5.41, 5.74) is 7.09. The van der Waals surface area contributed by atoms with Gasteiger partial charge in [0.15, 0.2) is 0 Å². The molecule has 4 heteroatoms. The van der Waals surface area contributed by atoms with Crippen LogP contribution in [0, 0.1) is 6.92 Å². The van der Waals surface area contributed by atoms with Gasteiger partial charge in [-0.15, -0.1) is 0 Å². The number of para-hydroxylation sites is 5. The molecule has 1 aromatic heterocycles. The van der Waals surface area contributed by atoms with Crippen LogP contribution in [0.1, 0.15) is 5.56 Å². The summed E-state index contributed by atoms with van der Waals surface area (Å²) >= 11 is 0. The summed E-state index contributed by atoms with van der Waals surface area (Å²) in [5, 5.41) is 1.50. The molecule has 4 nitrogen and oxygen atoms in total. The summed E-state index contributed by atoms with van der Waals surface area (Å²) in [6, 6.07) is 33.1. The SMILES string of the molecule is Cc1coc(=O)c2ccc(N3c4ccccc4N(c4ccccc4)c4ccccc43)cc12. The molecule has 0 saturated heterocycles. The molecule has 0 spiro atoms. The minimum absolute atomic E-state index is 0.313. The fourth-order valence-electron chi connectivity index (χ4n) is 4.52. The summed E-state index contributed by atoms with van der Waals surface area (Å²) in [6.45, 7) is 1.96. The summed E-state index contributed by atoms with van der Waals surface area (Å²) in [6.07, 6.45) is 1.53. The first kappa shape index (κ1) is 18.5. The lowest BCUT2D eigenvalue weighted by Crippen LogP contribution is -2.23. The van der Waals surface area contributed by atoms with Crippen LogP contribution in [0.15, 0.2) is 113 Å². The summed E-state index contributed by atoms with van der Waals surface area (Å²) in [7, 11) is 0. The maximum atomic E-state index is 12.2. The van der Waals surface area contributed by atoms with Gasteiger partial charge in [-0.05, 0) is 72.5 Å². The van der Waals surface area contributed by atoms with Gasteiger partial charge < -0.3 is 14.2 Å². The number of hydrogen-bond acceptors (Lipinski definition) is 4. The monoisotopic (exact) mass is 416 g/mol. The van der Waals surface area contributed by atoms with Crippen molar-refractivity contribution >= 4 is 44.9 Å². The third kappa shape index (κ3) is 2.73. The van der Waals surface area contributed by atoms with Crippen LogP contribution in [0.2, 0.25) is 0 Å². The highest BCUT2D eigenvalue weighted by molar-refractivity contribution is 6.02. The molecule has 2 heterocycles. The van der Waals surface area contributed by atoms with E-state index in [9.17, 15) is 4.79 Å². The van der Waals surface area contributed by atoms with Crippen molar-refractivity contribution in [1.29, 1.82) is 0 Å². The number of rotatable bonds is 2. The van der Waals surface area contributed by atoms with E-state index in [-0.39, 0.29) is 5.63 Å². The van der Waals surface area contributed by atoms with E-state index in [1.165, 1.54) is 6.26 Å². The van der Waals surface area contributed by atoms with Crippen molar-refractivity contribution in [2.45, 2.75) is 6.92 Å². The molecule has 0 aliphatic carbocycles. The Balaban J connectivity index is 1.63. The van der Waals surface area contributed by atoms with Crippen LogP contribution in [-0.4, -0.2) is 0 Å². The first-order chi connectivity index (χ1) is 15.7. The number of benzene rings is 4. The van der Waals surface area contributed by atoms with Gasteiger partial charge in [0, 0.05) is 11.4 Å². The smallest absolute Gasteiger partial charge is 0.343 e. The first-order valence-electron chi connectivity index (χ1n) is 10.6. The number of anilines is 6. The van der Waals surface area contributed by atoms with Crippen molar-refractivity contribution in [3.8, 4) is 0 Å². The van der Waals surface area contributed by atoms with Gasteiger partial charge >= 0.3 is 5.63 Å². The van der Waals surface area contributed by atoms with Gasteiger partial charge in [-0.2, -0.15) is 0 Å². The molecule has 4 aromatic carbocycles. The van der Waals surface area contributed by atoms with Gasteiger partial charge in [0.1, 0.15) is 0 Å². The van der Waals surface area contributed by atoms with Crippen molar-refractivity contribution in [1.82, 2.24) is 0 Å². The molecule has 1 aliphatic heterocycles. The van der Waals surface area contributed by atoms with E-state index in [1.807, 2.05) is 25.1 Å². The predicted molar refractivity (Wildman–Crippen MR) is 130 cm³/mol. The average Bonchev–Trinajstić information content (AvgIpc) is 2.85. The highest BCUT2D eigenvalue weighted by atomic mass is 16.4. The third-order valence-corrected chi connectivity index (χ3v) is 5.99. The van der Waals surface area contributed by atoms with Crippen LogP contribution in [0.5, 0.6) is 0 Å². The van der Waals surface area contributed by atoms with Crippen molar-refractivity contribution < 1.29 is 4.42 Å². The van der Waals surface area contributed by atoms with Crippen LogP contribution in [0.4, 0.5) is 34.1 Å². The average molecular weight is 416 g/mol. The Morgan fingerprint density at radius 3 is 1.72 bits per heavy atom. The Morgan fingerprint density at radius 1 is 0.594 bits per heavy atom. The lowest BCUT2D eigenvalue weighted by atomic mass is 10.0. The zero-order chi connectivity index (χ0) is 21.7. The van der Waals surface area contributed by atoms with E-state index in [4.69, 9.17) is 4.42 Å². The Hall–Kier alpha value is -4.31.